The Labute approximate surface area is 142 Å². The van der Waals surface area contributed by atoms with Crippen molar-refractivity contribution in [2.24, 2.45) is 0 Å². The summed E-state index contributed by atoms with van der Waals surface area (Å²) in [5.74, 6) is -1.89. The van der Waals surface area contributed by atoms with Crippen molar-refractivity contribution in [3.05, 3.63) is 29.6 Å². The summed E-state index contributed by atoms with van der Waals surface area (Å²) in [7, 11) is -2.91. The maximum Gasteiger partial charge on any atom is 0.342 e. The lowest BCUT2D eigenvalue weighted by Crippen LogP contribution is -2.46. The monoisotopic (exact) mass is 358 g/mol. The Kier molecular flexibility index (Phi) is 6.31. The number of carbonyl (C=O) groups excluding carboxylic acids is 1. The van der Waals surface area contributed by atoms with Gasteiger partial charge in [-0.2, -0.15) is 4.31 Å². The van der Waals surface area contributed by atoms with Crippen molar-refractivity contribution in [2.75, 3.05) is 26.7 Å². The van der Waals surface area contributed by atoms with E-state index in [2.05, 4.69) is 10.1 Å². The molecule has 0 radical (unpaired) electrons. The fourth-order valence-electron chi connectivity index (χ4n) is 2.96. The van der Waals surface area contributed by atoms with E-state index in [1.165, 1.54) is 16.4 Å². The van der Waals surface area contributed by atoms with Crippen LogP contribution in [0.4, 0.5) is 4.39 Å². The molecule has 1 aliphatic heterocycles. The van der Waals surface area contributed by atoms with Gasteiger partial charge in [-0.05, 0) is 44.5 Å². The van der Waals surface area contributed by atoms with Crippen LogP contribution in [0.3, 0.4) is 0 Å². The molecule has 1 aliphatic rings. The predicted molar refractivity (Wildman–Crippen MR) is 87.8 cm³/mol. The van der Waals surface area contributed by atoms with Gasteiger partial charge in [0.25, 0.3) is 0 Å². The molecule has 0 bridgehead atoms. The molecular formula is C16H23FN2O4S. The van der Waals surface area contributed by atoms with E-state index in [0.717, 1.165) is 26.3 Å². The number of nitrogens with one attached hydrogen (secondary N) is 1. The van der Waals surface area contributed by atoms with Gasteiger partial charge in [-0.15, -0.1) is 0 Å². The molecule has 1 aromatic rings. The molecule has 0 aliphatic carbocycles. The summed E-state index contributed by atoms with van der Waals surface area (Å²) in [6, 6.07) is 3.44. The van der Waals surface area contributed by atoms with Gasteiger partial charge in [0.2, 0.25) is 10.0 Å². The van der Waals surface area contributed by atoms with Crippen LogP contribution in [0.2, 0.25) is 0 Å². The standard InChI is InChI=1S/C16H23FN2O4S/c1-3-11-19(12-7-9-18-10-8-12)24(21,22)14-6-4-5-13(17)15(14)16(20)23-2/h4-6,12,18H,3,7-11H2,1-2H3. The first-order chi connectivity index (χ1) is 11.4. The Morgan fingerprint density at radius 2 is 2.04 bits per heavy atom. The highest BCUT2D eigenvalue weighted by atomic mass is 32.2. The number of rotatable bonds is 6. The van der Waals surface area contributed by atoms with Crippen molar-refractivity contribution in [1.29, 1.82) is 0 Å². The molecule has 6 nitrogen and oxygen atoms in total. The van der Waals surface area contributed by atoms with Crippen LogP contribution < -0.4 is 5.32 Å². The first-order valence-electron chi connectivity index (χ1n) is 8.02. The Bertz CT molecular complexity index is 687. The molecule has 1 N–H and O–H groups in total. The van der Waals surface area contributed by atoms with Gasteiger partial charge in [0.05, 0.1) is 12.0 Å². The van der Waals surface area contributed by atoms with Gasteiger partial charge in [0.15, 0.2) is 0 Å². The van der Waals surface area contributed by atoms with Crippen LogP contribution in [0.1, 0.15) is 36.5 Å². The van der Waals surface area contributed by atoms with Crippen molar-refractivity contribution in [3.63, 3.8) is 0 Å². The third kappa shape index (κ3) is 3.76. The molecule has 1 heterocycles. The van der Waals surface area contributed by atoms with Crippen LogP contribution >= 0.6 is 0 Å². The quantitative estimate of drug-likeness (QED) is 0.785. The Morgan fingerprint density at radius 3 is 2.62 bits per heavy atom. The molecule has 1 fully saturated rings. The number of piperidine rings is 1. The van der Waals surface area contributed by atoms with Crippen LogP contribution in [0.15, 0.2) is 23.1 Å². The lowest BCUT2D eigenvalue weighted by atomic mass is 10.1. The summed E-state index contributed by atoms with van der Waals surface area (Å²) < 4.78 is 46.4. The topological polar surface area (TPSA) is 75.7 Å². The highest BCUT2D eigenvalue weighted by Crippen LogP contribution is 2.27. The molecule has 8 heteroatoms. The van der Waals surface area contributed by atoms with E-state index >= 15 is 0 Å². The zero-order valence-corrected chi connectivity index (χ0v) is 14.7. The molecular weight excluding hydrogens is 335 g/mol. The number of hydrogen-bond donors (Lipinski definition) is 1. The van der Waals surface area contributed by atoms with E-state index in [9.17, 15) is 17.6 Å². The number of hydrogen-bond acceptors (Lipinski definition) is 5. The minimum Gasteiger partial charge on any atom is -0.465 e. The summed E-state index contributed by atoms with van der Waals surface area (Å²) in [6.07, 6.45) is 2.00. The van der Waals surface area contributed by atoms with Gasteiger partial charge in [-0.1, -0.05) is 13.0 Å². The van der Waals surface area contributed by atoms with Crippen LogP contribution in [-0.2, 0) is 14.8 Å². The smallest absolute Gasteiger partial charge is 0.342 e. The Balaban J connectivity index is 2.51. The zero-order chi connectivity index (χ0) is 17.7. The lowest BCUT2D eigenvalue weighted by molar-refractivity contribution is 0.0590. The van der Waals surface area contributed by atoms with Gasteiger partial charge in [0.1, 0.15) is 11.4 Å². The highest BCUT2D eigenvalue weighted by Gasteiger charge is 2.35. The molecule has 0 atom stereocenters. The molecule has 134 valence electrons. The Morgan fingerprint density at radius 1 is 1.38 bits per heavy atom. The average molecular weight is 358 g/mol. The number of benzene rings is 1. The van der Waals surface area contributed by atoms with Crippen LogP contribution in [0.5, 0.6) is 0 Å². The third-order valence-electron chi connectivity index (χ3n) is 4.11. The lowest BCUT2D eigenvalue weighted by Gasteiger charge is -2.33. The second kappa shape index (κ2) is 8.04. The second-order valence-corrected chi connectivity index (χ2v) is 7.56. The van der Waals surface area contributed by atoms with E-state index in [1.54, 1.807) is 0 Å². The fourth-order valence-corrected chi connectivity index (χ4v) is 4.93. The van der Waals surface area contributed by atoms with Gasteiger partial charge in [-0.3, -0.25) is 0 Å². The van der Waals surface area contributed by atoms with Gasteiger partial charge >= 0.3 is 5.97 Å². The summed E-state index contributed by atoms with van der Waals surface area (Å²) >= 11 is 0. The largest absolute Gasteiger partial charge is 0.465 e. The van der Waals surface area contributed by atoms with Crippen LogP contribution in [0.25, 0.3) is 0 Å². The third-order valence-corrected chi connectivity index (χ3v) is 6.11. The Hall–Kier alpha value is -1.51. The number of carbonyl (C=O) groups is 1. The summed E-state index contributed by atoms with van der Waals surface area (Å²) in [5, 5.41) is 3.20. The second-order valence-electron chi connectivity index (χ2n) is 5.70. The van der Waals surface area contributed by atoms with E-state index in [-0.39, 0.29) is 10.9 Å². The van der Waals surface area contributed by atoms with Crippen LogP contribution in [0, 0.1) is 5.82 Å². The van der Waals surface area contributed by atoms with Crippen LogP contribution in [-0.4, -0.2) is 51.5 Å². The molecule has 0 amide bonds. The highest BCUT2D eigenvalue weighted by molar-refractivity contribution is 7.89. The molecule has 0 aromatic heterocycles. The number of halogens is 1. The number of ether oxygens (including phenoxy) is 1. The SMILES string of the molecule is CCCN(C1CCNCC1)S(=O)(=O)c1cccc(F)c1C(=O)OC. The molecule has 1 saturated heterocycles. The van der Waals surface area contributed by atoms with Crippen molar-refractivity contribution in [1.82, 2.24) is 9.62 Å². The van der Waals surface area contributed by atoms with E-state index in [1.807, 2.05) is 6.92 Å². The number of sulfonamides is 1. The van der Waals surface area contributed by atoms with Gasteiger partial charge < -0.3 is 10.1 Å². The number of nitrogens with zero attached hydrogens (tertiary/aromatic N) is 1. The minimum absolute atomic E-state index is 0.162. The van der Waals surface area contributed by atoms with Gasteiger partial charge in [0, 0.05) is 12.6 Å². The van der Waals surface area contributed by atoms with Crippen molar-refractivity contribution < 1.29 is 22.3 Å². The van der Waals surface area contributed by atoms with Crippen molar-refractivity contribution >= 4 is 16.0 Å². The van der Waals surface area contributed by atoms with E-state index in [4.69, 9.17) is 0 Å². The summed E-state index contributed by atoms with van der Waals surface area (Å²) in [6.45, 7) is 3.67. The average Bonchev–Trinajstić information content (AvgIpc) is 2.59. The van der Waals surface area contributed by atoms with Gasteiger partial charge in [-0.25, -0.2) is 17.6 Å². The molecule has 0 spiro atoms. The van der Waals surface area contributed by atoms with Crippen molar-refractivity contribution in [2.45, 2.75) is 37.1 Å². The minimum atomic E-state index is -4.01. The molecule has 0 unspecified atom stereocenters. The maximum atomic E-state index is 14.1. The molecule has 24 heavy (non-hydrogen) atoms. The molecule has 2 rings (SSSR count). The van der Waals surface area contributed by atoms with E-state index in [0.29, 0.717) is 25.8 Å². The molecule has 1 aromatic carbocycles. The fraction of sp³-hybridized carbons (Fsp3) is 0.562. The number of methoxy groups -OCH3 is 1. The zero-order valence-electron chi connectivity index (χ0n) is 13.9. The molecule has 0 saturated carbocycles. The summed E-state index contributed by atoms with van der Waals surface area (Å²) in [5.41, 5.74) is -0.532. The predicted octanol–water partition coefficient (Wildman–Crippen LogP) is 1.76. The van der Waals surface area contributed by atoms with E-state index < -0.39 is 27.4 Å². The maximum absolute atomic E-state index is 14.1. The summed E-state index contributed by atoms with van der Waals surface area (Å²) in [4.78, 5) is 11.6. The first-order valence-corrected chi connectivity index (χ1v) is 9.46. The normalized spacial score (nSPS) is 16.3. The number of esters is 1. The first kappa shape index (κ1) is 18.8. The van der Waals surface area contributed by atoms with Crippen molar-refractivity contribution in [3.8, 4) is 0 Å².